The standard InChI is InChI=1S/C15H16ClNO4/c1-9(13-6-7-14(21-13)15(18)20-3)17-12-8-10(19-2)4-5-11(12)16/h4-9,17H,1-3H3. The summed E-state index contributed by atoms with van der Waals surface area (Å²) in [5.74, 6) is 0.962. The average molecular weight is 310 g/mol. The number of carbonyl (C=O) groups excluding carboxylic acids is 1. The van der Waals surface area contributed by atoms with E-state index >= 15 is 0 Å². The lowest BCUT2D eigenvalue weighted by molar-refractivity contribution is 0.0562. The van der Waals surface area contributed by atoms with Crippen LogP contribution in [0.3, 0.4) is 0 Å². The minimum atomic E-state index is -0.507. The fourth-order valence-corrected chi connectivity index (χ4v) is 2.01. The highest BCUT2D eigenvalue weighted by Gasteiger charge is 2.16. The third kappa shape index (κ3) is 3.49. The zero-order chi connectivity index (χ0) is 15.4. The van der Waals surface area contributed by atoms with Gasteiger partial charge in [0.25, 0.3) is 0 Å². The lowest BCUT2D eigenvalue weighted by atomic mass is 10.2. The summed E-state index contributed by atoms with van der Waals surface area (Å²) in [6, 6.07) is 8.44. The summed E-state index contributed by atoms with van der Waals surface area (Å²) in [6.45, 7) is 1.90. The summed E-state index contributed by atoms with van der Waals surface area (Å²) in [7, 11) is 2.90. The number of ether oxygens (including phenoxy) is 2. The molecule has 1 unspecified atom stereocenters. The van der Waals surface area contributed by atoms with Crippen molar-refractivity contribution in [2.75, 3.05) is 19.5 Å². The molecule has 1 atom stereocenters. The molecule has 1 aromatic carbocycles. The number of hydrogen-bond donors (Lipinski definition) is 1. The molecule has 0 saturated heterocycles. The van der Waals surface area contributed by atoms with E-state index in [1.165, 1.54) is 7.11 Å². The third-order valence-electron chi connectivity index (χ3n) is 2.99. The van der Waals surface area contributed by atoms with Crippen molar-refractivity contribution in [2.24, 2.45) is 0 Å². The number of nitrogens with one attached hydrogen (secondary N) is 1. The van der Waals surface area contributed by atoms with Crippen LogP contribution < -0.4 is 10.1 Å². The van der Waals surface area contributed by atoms with Crippen molar-refractivity contribution in [1.29, 1.82) is 0 Å². The maximum Gasteiger partial charge on any atom is 0.373 e. The Kier molecular flexibility index (Phi) is 4.75. The van der Waals surface area contributed by atoms with Crippen molar-refractivity contribution in [2.45, 2.75) is 13.0 Å². The number of esters is 1. The van der Waals surface area contributed by atoms with E-state index in [2.05, 4.69) is 10.1 Å². The van der Waals surface area contributed by atoms with Crippen LogP contribution in [0.1, 0.15) is 29.3 Å². The number of carbonyl (C=O) groups is 1. The van der Waals surface area contributed by atoms with Gasteiger partial charge < -0.3 is 19.2 Å². The highest BCUT2D eigenvalue weighted by Crippen LogP contribution is 2.30. The second kappa shape index (κ2) is 6.54. The maximum atomic E-state index is 11.4. The first-order valence-electron chi connectivity index (χ1n) is 6.33. The van der Waals surface area contributed by atoms with Crippen LogP contribution in [0, 0.1) is 0 Å². The Morgan fingerprint density at radius 3 is 2.71 bits per heavy atom. The quantitative estimate of drug-likeness (QED) is 0.849. The fourth-order valence-electron chi connectivity index (χ4n) is 1.84. The molecule has 0 saturated carbocycles. The van der Waals surface area contributed by atoms with E-state index < -0.39 is 5.97 Å². The molecule has 0 fully saturated rings. The van der Waals surface area contributed by atoms with Crippen LogP contribution in [0.2, 0.25) is 5.02 Å². The third-order valence-corrected chi connectivity index (χ3v) is 3.32. The van der Waals surface area contributed by atoms with Gasteiger partial charge >= 0.3 is 5.97 Å². The van der Waals surface area contributed by atoms with Crippen LogP contribution >= 0.6 is 11.6 Å². The van der Waals surface area contributed by atoms with Crippen LogP contribution in [0.15, 0.2) is 34.7 Å². The first kappa shape index (κ1) is 15.3. The van der Waals surface area contributed by atoms with E-state index in [0.29, 0.717) is 16.5 Å². The van der Waals surface area contributed by atoms with Gasteiger partial charge in [-0.15, -0.1) is 0 Å². The Bertz CT molecular complexity index is 638. The second-order valence-corrected chi connectivity index (χ2v) is 4.81. The normalized spacial score (nSPS) is 11.8. The summed E-state index contributed by atoms with van der Waals surface area (Å²) < 4.78 is 15.2. The fraction of sp³-hybridized carbons (Fsp3) is 0.267. The maximum absolute atomic E-state index is 11.4. The highest BCUT2D eigenvalue weighted by molar-refractivity contribution is 6.33. The van der Waals surface area contributed by atoms with Gasteiger partial charge in [-0.05, 0) is 31.2 Å². The van der Waals surface area contributed by atoms with Gasteiger partial charge in [-0.2, -0.15) is 0 Å². The molecule has 112 valence electrons. The molecule has 0 amide bonds. The van der Waals surface area contributed by atoms with Crippen LogP contribution in [0.5, 0.6) is 5.75 Å². The molecule has 1 heterocycles. The summed E-state index contributed by atoms with van der Waals surface area (Å²) in [6.07, 6.45) is 0. The smallest absolute Gasteiger partial charge is 0.373 e. The Morgan fingerprint density at radius 1 is 1.29 bits per heavy atom. The molecule has 1 aromatic heterocycles. The molecule has 0 spiro atoms. The average Bonchev–Trinajstić information content (AvgIpc) is 2.98. The molecule has 2 rings (SSSR count). The second-order valence-electron chi connectivity index (χ2n) is 4.41. The molecule has 6 heteroatoms. The number of halogens is 1. The number of benzene rings is 1. The van der Waals surface area contributed by atoms with E-state index in [1.807, 2.05) is 6.92 Å². The monoisotopic (exact) mass is 309 g/mol. The summed E-state index contributed by atoms with van der Waals surface area (Å²) in [5.41, 5.74) is 0.722. The predicted molar refractivity (Wildman–Crippen MR) is 80.1 cm³/mol. The first-order chi connectivity index (χ1) is 10.0. The Labute approximate surface area is 127 Å². The SMILES string of the molecule is COC(=O)c1ccc(C(C)Nc2cc(OC)ccc2Cl)o1. The van der Waals surface area contributed by atoms with Crippen LogP contribution in [-0.4, -0.2) is 20.2 Å². The van der Waals surface area contributed by atoms with E-state index in [4.69, 9.17) is 20.8 Å². The molecule has 0 aliphatic heterocycles. The summed E-state index contributed by atoms with van der Waals surface area (Å²) in [4.78, 5) is 11.4. The van der Waals surface area contributed by atoms with Crippen LogP contribution in [0.25, 0.3) is 0 Å². The molecular weight excluding hydrogens is 294 g/mol. The lowest BCUT2D eigenvalue weighted by Crippen LogP contribution is -2.06. The Morgan fingerprint density at radius 2 is 2.05 bits per heavy atom. The Hall–Kier alpha value is -2.14. The van der Waals surface area contributed by atoms with Gasteiger partial charge in [-0.3, -0.25) is 0 Å². The van der Waals surface area contributed by atoms with Gasteiger partial charge in [0.05, 0.1) is 31.0 Å². The highest BCUT2D eigenvalue weighted by atomic mass is 35.5. The van der Waals surface area contributed by atoms with E-state index in [0.717, 1.165) is 5.69 Å². The summed E-state index contributed by atoms with van der Waals surface area (Å²) in [5, 5.41) is 3.79. The van der Waals surface area contributed by atoms with Gasteiger partial charge in [0, 0.05) is 6.07 Å². The number of furan rings is 1. The zero-order valence-electron chi connectivity index (χ0n) is 12.0. The van der Waals surface area contributed by atoms with Gasteiger partial charge in [-0.25, -0.2) is 4.79 Å². The lowest BCUT2D eigenvalue weighted by Gasteiger charge is -2.15. The van der Waals surface area contributed by atoms with Gasteiger partial charge in [0.2, 0.25) is 5.76 Å². The molecule has 2 aromatic rings. The number of anilines is 1. The van der Waals surface area contributed by atoms with Crippen molar-refractivity contribution in [3.63, 3.8) is 0 Å². The van der Waals surface area contributed by atoms with E-state index in [1.54, 1.807) is 37.4 Å². The zero-order valence-corrected chi connectivity index (χ0v) is 12.7. The molecular formula is C15H16ClNO4. The van der Waals surface area contributed by atoms with Crippen molar-refractivity contribution in [3.05, 3.63) is 46.9 Å². The van der Waals surface area contributed by atoms with E-state index in [-0.39, 0.29) is 11.8 Å². The Balaban J connectivity index is 2.16. The van der Waals surface area contributed by atoms with Crippen molar-refractivity contribution in [1.82, 2.24) is 0 Å². The summed E-state index contributed by atoms with van der Waals surface area (Å²) >= 11 is 6.14. The van der Waals surface area contributed by atoms with Gasteiger partial charge in [-0.1, -0.05) is 11.6 Å². The minimum absolute atomic E-state index is 0.165. The molecule has 21 heavy (non-hydrogen) atoms. The molecule has 0 radical (unpaired) electrons. The van der Waals surface area contributed by atoms with Gasteiger partial charge in [0.1, 0.15) is 11.5 Å². The minimum Gasteiger partial charge on any atom is -0.497 e. The first-order valence-corrected chi connectivity index (χ1v) is 6.71. The molecule has 0 bridgehead atoms. The number of rotatable bonds is 5. The topological polar surface area (TPSA) is 60.7 Å². The van der Waals surface area contributed by atoms with Crippen molar-refractivity contribution < 1.29 is 18.7 Å². The molecule has 5 nitrogen and oxygen atoms in total. The van der Waals surface area contributed by atoms with Crippen LogP contribution in [0.4, 0.5) is 5.69 Å². The molecule has 0 aliphatic carbocycles. The number of methoxy groups -OCH3 is 2. The predicted octanol–water partition coefficient (Wildman–Crippen LogP) is 3.90. The van der Waals surface area contributed by atoms with Gasteiger partial charge in [0.15, 0.2) is 0 Å². The molecule has 0 aliphatic rings. The number of hydrogen-bond acceptors (Lipinski definition) is 5. The van der Waals surface area contributed by atoms with Crippen molar-refractivity contribution >= 4 is 23.3 Å². The van der Waals surface area contributed by atoms with Crippen LogP contribution in [-0.2, 0) is 4.74 Å². The molecule has 1 N–H and O–H groups in total. The largest absolute Gasteiger partial charge is 0.497 e. The van der Waals surface area contributed by atoms with Crippen molar-refractivity contribution in [3.8, 4) is 5.75 Å². The van der Waals surface area contributed by atoms with E-state index in [9.17, 15) is 4.79 Å².